The number of sulfonamides is 1. The molecule has 3 rings (SSSR count). The van der Waals surface area contributed by atoms with Gasteiger partial charge in [0.1, 0.15) is 23.6 Å². The molecule has 4 N–H and O–H groups in total. The molecule has 0 saturated heterocycles. The molecular weight excluding hydrogens is 590 g/mol. The van der Waals surface area contributed by atoms with Crippen molar-refractivity contribution in [2.45, 2.75) is 76.0 Å². The number of aryl methyl sites for hydroxylation is 1. The molecule has 0 spiro atoms. The van der Waals surface area contributed by atoms with Gasteiger partial charge in [0.05, 0.1) is 24.1 Å². The third-order valence-corrected chi connectivity index (χ3v) is 7.81. The first kappa shape index (κ1) is 34.2. The minimum Gasteiger partial charge on any atom is -0.468 e. The molecule has 2 aromatic rings. The normalized spacial score (nSPS) is 16.0. The smallest absolute Gasteiger partial charge is 0.436 e. The first-order valence-electron chi connectivity index (χ1n) is 14.1. The number of benzene rings is 2. The van der Waals surface area contributed by atoms with E-state index in [1.807, 2.05) is 6.92 Å². The lowest BCUT2D eigenvalue weighted by atomic mass is 10.0. The van der Waals surface area contributed by atoms with Crippen molar-refractivity contribution in [1.29, 1.82) is 0 Å². The maximum absolute atomic E-state index is 12.9. The molecule has 2 aromatic carbocycles. The van der Waals surface area contributed by atoms with Crippen molar-refractivity contribution in [2.24, 2.45) is 15.9 Å². The summed E-state index contributed by atoms with van der Waals surface area (Å²) in [5.74, 6) is -1.31. The predicted molar refractivity (Wildman–Crippen MR) is 164 cm³/mol. The van der Waals surface area contributed by atoms with Crippen LogP contribution in [0, 0.1) is 0 Å². The zero-order valence-corrected chi connectivity index (χ0v) is 26.3. The monoisotopic (exact) mass is 629 g/mol. The van der Waals surface area contributed by atoms with Crippen LogP contribution >= 0.6 is 0 Å². The van der Waals surface area contributed by atoms with Gasteiger partial charge < -0.3 is 25.4 Å². The molecule has 2 atom stereocenters. The fourth-order valence-electron chi connectivity index (χ4n) is 4.18. The number of methoxy groups -OCH3 is 1. The Hall–Kier alpha value is -4.30. The van der Waals surface area contributed by atoms with Gasteiger partial charge in [-0.2, -0.15) is 9.71 Å². The van der Waals surface area contributed by atoms with E-state index in [9.17, 15) is 22.8 Å². The Morgan fingerprint density at radius 2 is 1.77 bits per heavy atom. The fourth-order valence-corrected chi connectivity index (χ4v) is 5.36. The van der Waals surface area contributed by atoms with Crippen LogP contribution in [0.5, 0.6) is 0 Å². The van der Waals surface area contributed by atoms with E-state index in [-0.39, 0.29) is 23.7 Å². The second-order valence-corrected chi connectivity index (χ2v) is 12.8. The van der Waals surface area contributed by atoms with Crippen LogP contribution in [-0.4, -0.2) is 69.3 Å². The molecule has 1 heterocycles. The summed E-state index contributed by atoms with van der Waals surface area (Å²) in [6.45, 7) is 6.88. The Morgan fingerprint density at radius 1 is 1.11 bits per heavy atom. The van der Waals surface area contributed by atoms with Crippen LogP contribution in [0.3, 0.4) is 0 Å². The molecule has 1 aliphatic rings. The van der Waals surface area contributed by atoms with Crippen LogP contribution in [0.1, 0.15) is 63.6 Å². The molecule has 44 heavy (non-hydrogen) atoms. The summed E-state index contributed by atoms with van der Waals surface area (Å²) in [5, 5.41) is 6.64. The summed E-state index contributed by atoms with van der Waals surface area (Å²) < 4.78 is 38.0. The zero-order chi connectivity index (χ0) is 32.5. The lowest BCUT2D eigenvalue weighted by molar-refractivity contribution is -0.142. The summed E-state index contributed by atoms with van der Waals surface area (Å²) in [7, 11) is -2.93. The topological polar surface area (TPSA) is 188 Å². The molecule has 0 aromatic heterocycles. The van der Waals surface area contributed by atoms with Gasteiger partial charge in [-0.05, 0) is 50.5 Å². The number of oxime groups is 1. The van der Waals surface area contributed by atoms with Gasteiger partial charge in [-0.15, -0.1) is 0 Å². The van der Waals surface area contributed by atoms with Crippen molar-refractivity contribution >= 4 is 39.5 Å². The molecule has 13 nitrogen and oxygen atoms in total. The van der Waals surface area contributed by atoms with Crippen molar-refractivity contribution in [3.05, 3.63) is 65.2 Å². The maximum atomic E-state index is 12.9. The van der Waals surface area contributed by atoms with Crippen molar-refractivity contribution in [2.75, 3.05) is 13.7 Å². The van der Waals surface area contributed by atoms with E-state index in [0.717, 1.165) is 31.1 Å². The van der Waals surface area contributed by atoms with E-state index in [1.54, 1.807) is 57.2 Å². The highest BCUT2D eigenvalue weighted by Crippen LogP contribution is 2.20. The Labute approximate surface area is 257 Å². The summed E-state index contributed by atoms with van der Waals surface area (Å²) in [5.41, 5.74) is 8.08. The molecule has 0 aliphatic carbocycles. The number of aliphatic imine (C=N–C) groups is 1. The highest BCUT2D eigenvalue weighted by molar-refractivity contribution is 7.89. The number of nitrogens with one attached hydrogen (secondary N) is 2. The van der Waals surface area contributed by atoms with Crippen LogP contribution < -0.4 is 15.8 Å². The average Bonchev–Trinajstić information content (AvgIpc) is 3.42. The van der Waals surface area contributed by atoms with Crippen molar-refractivity contribution < 1.29 is 37.1 Å². The number of carbonyl (C=O) groups excluding carboxylic acids is 3. The van der Waals surface area contributed by atoms with Gasteiger partial charge in [-0.1, -0.05) is 54.9 Å². The molecule has 2 amide bonds. The quantitative estimate of drug-likeness (QED) is 0.180. The Balaban J connectivity index is 1.53. The number of amides is 2. The second-order valence-electron chi connectivity index (χ2n) is 11.1. The van der Waals surface area contributed by atoms with Crippen LogP contribution in [0.4, 0.5) is 4.79 Å². The van der Waals surface area contributed by atoms with E-state index < -0.39 is 45.7 Å². The Morgan fingerprint density at radius 3 is 2.36 bits per heavy atom. The van der Waals surface area contributed by atoms with Crippen molar-refractivity contribution in [3.63, 3.8) is 0 Å². The van der Waals surface area contributed by atoms with Gasteiger partial charge in [0.25, 0.3) is 0 Å². The molecule has 0 bridgehead atoms. The largest absolute Gasteiger partial charge is 0.468 e. The van der Waals surface area contributed by atoms with Crippen molar-refractivity contribution in [3.8, 4) is 0 Å². The first-order valence-corrected chi connectivity index (χ1v) is 15.6. The minimum absolute atomic E-state index is 0.00221. The zero-order valence-electron chi connectivity index (χ0n) is 25.5. The SMILES string of the molecule is CCCc1ccc(S(=O)(=O)N[C@@H](CNC(=O)CC2CC(c3ccc(/C(N)=N\C(=O)OC(C)(C)C)cc3)=NO2)C(=O)OC)cc1. The summed E-state index contributed by atoms with van der Waals surface area (Å²) in [6, 6.07) is 11.9. The summed E-state index contributed by atoms with van der Waals surface area (Å²) >= 11 is 0. The standard InChI is InChI=1S/C30H39N5O8S/c1-6-7-19-8-14-23(15-9-19)44(39,40)35-25(28(37)41-5)18-32-26(36)17-22-16-24(34-43-22)20-10-12-21(13-11-20)27(31)33-29(38)42-30(2,3)4/h8-15,22,25,35H,6-7,16-18H2,1-5H3,(H,32,36)(H2,31,33,38)/t22?,25-/m0/s1. The first-order chi connectivity index (χ1) is 20.7. The van der Waals surface area contributed by atoms with Gasteiger partial charge >= 0.3 is 12.1 Å². The molecular formula is C30H39N5O8S. The number of nitrogens with two attached hydrogens (primary N) is 1. The number of hydrogen-bond acceptors (Lipinski definition) is 9. The van der Waals surface area contributed by atoms with Crippen LogP contribution in [-0.2, 0) is 40.3 Å². The maximum Gasteiger partial charge on any atom is 0.436 e. The molecule has 238 valence electrons. The van der Waals surface area contributed by atoms with Gasteiger partial charge in [-0.3, -0.25) is 9.59 Å². The predicted octanol–water partition coefficient (Wildman–Crippen LogP) is 2.80. The Bertz CT molecular complexity index is 1500. The molecule has 1 unspecified atom stereocenters. The van der Waals surface area contributed by atoms with Crippen LogP contribution in [0.2, 0.25) is 0 Å². The number of carbonyl (C=O) groups is 3. The highest BCUT2D eigenvalue weighted by atomic mass is 32.2. The summed E-state index contributed by atoms with van der Waals surface area (Å²) in [4.78, 5) is 46.0. The lowest BCUT2D eigenvalue weighted by Crippen LogP contribution is -2.49. The number of nitrogens with zero attached hydrogens (tertiary/aromatic N) is 2. The summed E-state index contributed by atoms with van der Waals surface area (Å²) in [6.07, 6.45) is 0.621. The van der Waals surface area contributed by atoms with Gasteiger partial charge in [0, 0.05) is 18.5 Å². The second kappa shape index (κ2) is 14.9. The molecule has 0 fully saturated rings. The van der Waals surface area contributed by atoms with Gasteiger partial charge in [0.15, 0.2) is 0 Å². The van der Waals surface area contributed by atoms with Gasteiger partial charge in [-0.25, -0.2) is 13.2 Å². The number of ether oxygens (including phenoxy) is 2. The van der Waals surface area contributed by atoms with Crippen molar-refractivity contribution in [1.82, 2.24) is 10.0 Å². The molecule has 14 heteroatoms. The fraction of sp³-hybridized carbons (Fsp3) is 0.433. The van der Waals surface area contributed by atoms with E-state index in [1.165, 1.54) is 12.1 Å². The Kier molecular flexibility index (Phi) is 11.6. The molecule has 1 aliphatic heterocycles. The van der Waals surface area contributed by atoms with Crippen LogP contribution in [0.25, 0.3) is 0 Å². The number of rotatable bonds is 12. The number of hydrogen-bond donors (Lipinski definition) is 3. The third-order valence-electron chi connectivity index (χ3n) is 6.32. The molecule has 0 radical (unpaired) electrons. The minimum atomic E-state index is -4.06. The van der Waals surface area contributed by atoms with E-state index in [4.69, 9.17) is 20.0 Å². The number of esters is 1. The molecule has 0 saturated carbocycles. The van der Waals surface area contributed by atoms with E-state index in [0.29, 0.717) is 17.7 Å². The van der Waals surface area contributed by atoms with Crippen LogP contribution in [0.15, 0.2) is 63.6 Å². The average molecular weight is 630 g/mol. The van der Waals surface area contributed by atoms with E-state index >= 15 is 0 Å². The number of amidine groups is 1. The van der Waals surface area contributed by atoms with E-state index in [2.05, 4.69) is 20.2 Å². The van der Waals surface area contributed by atoms with Gasteiger partial charge in [0.2, 0.25) is 15.9 Å². The lowest BCUT2D eigenvalue weighted by Gasteiger charge is -2.18. The third kappa shape index (κ3) is 10.2. The highest BCUT2D eigenvalue weighted by Gasteiger charge is 2.29.